The van der Waals surface area contributed by atoms with Crippen molar-refractivity contribution in [2.45, 2.75) is 83.4 Å². The van der Waals surface area contributed by atoms with Crippen LogP contribution in [0.5, 0.6) is 0 Å². The molecule has 0 unspecified atom stereocenters. The molecular weight excluding hydrogens is 582 g/mol. The molecule has 2 nitrogen and oxygen atoms in total. The average molecular weight is 613 g/mol. The minimum Gasteiger partial charge on any atom is -0.391 e. The predicted octanol–water partition coefficient (Wildman–Crippen LogP) is 9.53. The highest BCUT2D eigenvalue weighted by atomic mass is 32.1. The van der Waals surface area contributed by atoms with E-state index in [9.17, 15) is 10.2 Å². The number of thiophene rings is 2. The van der Waals surface area contributed by atoms with Gasteiger partial charge in [0.25, 0.3) is 0 Å². The molecule has 10 heteroatoms. The summed E-state index contributed by atoms with van der Waals surface area (Å²) in [6.07, 6.45) is 0. The first-order valence-electron chi connectivity index (χ1n) is 13.0. The molecule has 4 aromatic rings. The molecule has 1 aliphatic rings. The number of hydrogen-bond acceptors (Lipinski definition) is 4. The van der Waals surface area contributed by atoms with E-state index in [1.807, 2.05) is 41.5 Å². The molecule has 1 aliphatic carbocycles. The number of benzene rings is 2. The zero-order chi connectivity index (χ0) is 30.5. The molecule has 5 rings (SSSR count). The minimum atomic E-state index is -5.77. The fraction of sp³-hybridized carbons (Fsp3) is 0.419. The lowest BCUT2D eigenvalue weighted by Gasteiger charge is -2.26. The van der Waals surface area contributed by atoms with Crippen LogP contribution in [0.3, 0.4) is 0 Å². The third-order valence-electron chi connectivity index (χ3n) is 7.71. The summed E-state index contributed by atoms with van der Waals surface area (Å²) in [5.41, 5.74) is -3.60. The Morgan fingerprint density at radius 1 is 0.610 bits per heavy atom. The Bertz CT molecular complexity index is 1590. The normalized spacial score (nSPS) is 18.7. The fourth-order valence-electron chi connectivity index (χ4n) is 5.39. The van der Waals surface area contributed by atoms with Crippen molar-refractivity contribution in [1.82, 2.24) is 0 Å². The summed E-state index contributed by atoms with van der Waals surface area (Å²) in [6, 6.07) is 9.87. The summed E-state index contributed by atoms with van der Waals surface area (Å²) in [7, 11) is 0. The standard InChI is InChI=1S/C31H30F6O2S2/c1-27(2,3)15-7-9-19-17(11-15)23(21(13-38)40-19)25-26(30(34,35)31(36,37)29(25,32)33)24-18-12-16(28(4,5)6)8-10-20(18)41-22(24)14-39/h7-12,38-39H,13-14H2,1-6H3. The molecule has 0 fully saturated rings. The van der Waals surface area contributed by atoms with Gasteiger partial charge in [0.1, 0.15) is 0 Å². The van der Waals surface area contributed by atoms with Crippen molar-refractivity contribution >= 4 is 54.0 Å². The van der Waals surface area contributed by atoms with Crippen molar-refractivity contribution in [2.24, 2.45) is 0 Å². The van der Waals surface area contributed by atoms with Crippen LogP contribution in [0.1, 0.15) is 73.6 Å². The van der Waals surface area contributed by atoms with Crippen LogP contribution in [0, 0.1) is 0 Å². The third kappa shape index (κ3) is 4.27. The maximum atomic E-state index is 15.9. The lowest BCUT2D eigenvalue weighted by molar-refractivity contribution is -0.254. The summed E-state index contributed by atoms with van der Waals surface area (Å²) >= 11 is 1.79. The number of hydrogen-bond donors (Lipinski definition) is 2. The molecule has 2 heterocycles. The van der Waals surface area contributed by atoms with E-state index < -0.39 is 64.1 Å². The maximum Gasteiger partial charge on any atom is 0.380 e. The van der Waals surface area contributed by atoms with Gasteiger partial charge in [0, 0.05) is 52.2 Å². The van der Waals surface area contributed by atoms with Gasteiger partial charge in [-0.2, -0.15) is 26.3 Å². The Morgan fingerprint density at radius 3 is 1.24 bits per heavy atom. The highest BCUT2D eigenvalue weighted by molar-refractivity contribution is 7.19. The van der Waals surface area contributed by atoms with E-state index in [-0.39, 0.29) is 20.5 Å². The first-order valence-corrected chi connectivity index (χ1v) is 14.6. The molecule has 41 heavy (non-hydrogen) atoms. The molecule has 0 saturated carbocycles. The third-order valence-corrected chi connectivity index (χ3v) is 10.0. The van der Waals surface area contributed by atoms with Crippen LogP contribution in [0.15, 0.2) is 36.4 Å². The number of halogens is 6. The largest absolute Gasteiger partial charge is 0.391 e. The number of rotatable bonds is 4. The lowest BCUT2D eigenvalue weighted by atomic mass is 9.84. The van der Waals surface area contributed by atoms with E-state index in [4.69, 9.17) is 0 Å². The number of aliphatic hydroxyl groups is 2. The van der Waals surface area contributed by atoms with Gasteiger partial charge in [-0.15, -0.1) is 22.7 Å². The van der Waals surface area contributed by atoms with E-state index in [1.54, 1.807) is 36.4 Å². The highest BCUT2D eigenvalue weighted by Gasteiger charge is 2.80. The van der Waals surface area contributed by atoms with Crippen molar-refractivity contribution in [2.75, 3.05) is 0 Å². The van der Waals surface area contributed by atoms with Gasteiger partial charge < -0.3 is 10.2 Å². The summed E-state index contributed by atoms with van der Waals surface area (Å²) in [5.74, 6) is -16.3. The lowest BCUT2D eigenvalue weighted by Crippen LogP contribution is -2.49. The molecule has 0 radical (unpaired) electrons. The van der Waals surface area contributed by atoms with E-state index in [1.165, 1.54) is 0 Å². The number of fused-ring (bicyclic) bond motifs is 2. The van der Waals surface area contributed by atoms with Crippen LogP contribution in [-0.4, -0.2) is 28.0 Å². The zero-order valence-corrected chi connectivity index (χ0v) is 25.0. The second-order valence-electron chi connectivity index (χ2n) is 12.5. The molecule has 0 amide bonds. The molecule has 0 atom stereocenters. The Balaban J connectivity index is 2.01. The Morgan fingerprint density at radius 2 is 0.951 bits per heavy atom. The summed E-state index contributed by atoms with van der Waals surface area (Å²) in [5, 5.41) is 20.6. The van der Waals surface area contributed by atoms with E-state index in [0.717, 1.165) is 22.7 Å². The van der Waals surface area contributed by atoms with Crippen LogP contribution in [0.25, 0.3) is 31.3 Å². The highest BCUT2D eigenvalue weighted by Crippen LogP contribution is 2.67. The van der Waals surface area contributed by atoms with E-state index in [2.05, 4.69) is 0 Å². The van der Waals surface area contributed by atoms with Gasteiger partial charge in [-0.05, 0) is 46.2 Å². The van der Waals surface area contributed by atoms with Crippen LogP contribution >= 0.6 is 22.7 Å². The summed E-state index contributed by atoms with van der Waals surface area (Å²) in [4.78, 5) is -0.237. The van der Waals surface area contributed by atoms with Crippen LogP contribution < -0.4 is 0 Å². The second kappa shape index (κ2) is 9.30. The van der Waals surface area contributed by atoms with Crippen molar-refractivity contribution in [3.63, 3.8) is 0 Å². The van der Waals surface area contributed by atoms with Crippen LogP contribution in [-0.2, 0) is 24.0 Å². The number of aliphatic hydroxyl groups excluding tert-OH is 2. The van der Waals surface area contributed by atoms with Crippen molar-refractivity contribution in [1.29, 1.82) is 0 Å². The van der Waals surface area contributed by atoms with Crippen LogP contribution in [0.4, 0.5) is 26.3 Å². The molecular formula is C31H30F6O2S2. The van der Waals surface area contributed by atoms with Gasteiger partial charge >= 0.3 is 17.8 Å². The van der Waals surface area contributed by atoms with Crippen LogP contribution in [0.2, 0.25) is 0 Å². The number of alkyl halides is 6. The zero-order valence-electron chi connectivity index (χ0n) is 23.4. The Hall–Kier alpha value is -2.40. The van der Waals surface area contributed by atoms with Gasteiger partial charge in [0.2, 0.25) is 0 Å². The molecule has 2 aromatic heterocycles. The monoisotopic (exact) mass is 612 g/mol. The Kier molecular flexibility index (Phi) is 6.82. The van der Waals surface area contributed by atoms with E-state index >= 15 is 26.3 Å². The molecule has 0 aliphatic heterocycles. The van der Waals surface area contributed by atoms with Crippen molar-refractivity contribution < 1.29 is 36.6 Å². The van der Waals surface area contributed by atoms with E-state index in [0.29, 0.717) is 20.5 Å². The van der Waals surface area contributed by atoms with Gasteiger partial charge in [0.15, 0.2) is 0 Å². The first-order chi connectivity index (χ1) is 18.8. The van der Waals surface area contributed by atoms with Gasteiger partial charge in [-0.25, -0.2) is 0 Å². The summed E-state index contributed by atoms with van der Waals surface area (Å²) in [6.45, 7) is 9.64. The molecule has 220 valence electrons. The van der Waals surface area contributed by atoms with Gasteiger partial charge in [-0.1, -0.05) is 53.7 Å². The molecule has 2 N–H and O–H groups in total. The minimum absolute atomic E-state index is 0.0904. The average Bonchev–Trinajstić information content (AvgIpc) is 3.44. The molecule has 0 saturated heterocycles. The van der Waals surface area contributed by atoms with Crippen molar-refractivity contribution in [3.05, 3.63) is 68.4 Å². The topological polar surface area (TPSA) is 40.5 Å². The van der Waals surface area contributed by atoms with Crippen molar-refractivity contribution in [3.8, 4) is 0 Å². The molecule has 0 spiro atoms. The quantitative estimate of drug-likeness (QED) is 0.225. The second-order valence-corrected chi connectivity index (χ2v) is 14.8. The number of allylic oxidation sites excluding steroid dienone is 2. The predicted molar refractivity (Wildman–Crippen MR) is 155 cm³/mol. The summed E-state index contributed by atoms with van der Waals surface area (Å²) < 4.78 is 95.2. The smallest absolute Gasteiger partial charge is 0.380 e. The maximum absolute atomic E-state index is 15.9. The molecule has 2 aromatic carbocycles. The SMILES string of the molecule is CC(C)(C)c1ccc2sc(CO)c(C3=C(c4c(CO)sc5ccc(C(C)(C)C)cc45)C(F)(F)C(F)(F)C3(F)F)c2c1. The Labute approximate surface area is 241 Å². The van der Waals surface area contributed by atoms with Gasteiger partial charge in [0.05, 0.1) is 13.2 Å². The molecule has 0 bridgehead atoms. The first kappa shape index (κ1) is 30.1. The van der Waals surface area contributed by atoms with Gasteiger partial charge in [-0.3, -0.25) is 0 Å². The fourth-order valence-corrected chi connectivity index (χ4v) is 7.49.